The maximum Gasteiger partial charge on any atom is 0.248 e. The van der Waals surface area contributed by atoms with Crippen LogP contribution in [0.3, 0.4) is 0 Å². The van der Waals surface area contributed by atoms with E-state index in [2.05, 4.69) is 19.1 Å². The number of hydrogen-bond acceptors (Lipinski definition) is 2. The van der Waals surface area contributed by atoms with Crippen LogP contribution in [0, 0.1) is 13.8 Å². The molecule has 0 saturated heterocycles. The largest absolute Gasteiger partial charge is 0.316 e. The van der Waals surface area contributed by atoms with Crippen molar-refractivity contribution in [2.75, 3.05) is 4.90 Å². The standard InChI is InChI=1S/C17H18N2O/c1-11-4-3-5-13(8-11)10-19-15-7-6-12(2)9-14(15)16(18)17(19)20/h3-9,16H,10,18H2,1-2H3. The van der Waals surface area contributed by atoms with Gasteiger partial charge in [0, 0.05) is 11.3 Å². The maximum atomic E-state index is 12.4. The summed E-state index contributed by atoms with van der Waals surface area (Å²) in [5.41, 5.74) is 11.4. The lowest BCUT2D eigenvalue weighted by atomic mass is 10.1. The van der Waals surface area contributed by atoms with Crippen LogP contribution in [0.1, 0.15) is 28.3 Å². The van der Waals surface area contributed by atoms with Crippen LogP contribution in [0.4, 0.5) is 5.69 Å². The molecule has 0 radical (unpaired) electrons. The highest BCUT2D eigenvalue weighted by atomic mass is 16.2. The summed E-state index contributed by atoms with van der Waals surface area (Å²) in [7, 11) is 0. The summed E-state index contributed by atoms with van der Waals surface area (Å²) in [5, 5.41) is 0. The van der Waals surface area contributed by atoms with Gasteiger partial charge in [-0.3, -0.25) is 4.79 Å². The van der Waals surface area contributed by atoms with Gasteiger partial charge in [0.2, 0.25) is 5.91 Å². The Morgan fingerprint density at radius 1 is 1.10 bits per heavy atom. The highest BCUT2D eigenvalue weighted by molar-refractivity contribution is 6.04. The molecule has 1 aliphatic heterocycles. The number of benzene rings is 2. The van der Waals surface area contributed by atoms with Crippen molar-refractivity contribution in [1.29, 1.82) is 0 Å². The Kier molecular flexibility index (Phi) is 3.07. The van der Waals surface area contributed by atoms with Gasteiger partial charge in [-0.2, -0.15) is 0 Å². The van der Waals surface area contributed by atoms with E-state index in [1.807, 2.05) is 37.3 Å². The minimum Gasteiger partial charge on any atom is -0.316 e. The zero-order valence-corrected chi connectivity index (χ0v) is 11.8. The number of rotatable bonds is 2. The van der Waals surface area contributed by atoms with Gasteiger partial charge in [0.1, 0.15) is 6.04 Å². The van der Waals surface area contributed by atoms with E-state index < -0.39 is 6.04 Å². The molecule has 1 unspecified atom stereocenters. The number of nitrogens with two attached hydrogens (primary N) is 1. The van der Waals surface area contributed by atoms with Crippen LogP contribution in [-0.4, -0.2) is 5.91 Å². The van der Waals surface area contributed by atoms with Crippen LogP contribution < -0.4 is 10.6 Å². The van der Waals surface area contributed by atoms with Crippen molar-refractivity contribution in [2.45, 2.75) is 26.4 Å². The lowest BCUT2D eigenvalue weighted by molar-refractivity contribution is -0.119. The molecule has 3 rings (SSSR count). The van der Waals surface area contributed by atoms with Crippen molar-refractivity contribution in [1.82, 2.24) is 0 Å². The molecule has 0 aromatic heterocycles. The Balaban J connectivity index is 1.97. The van der Waals surface area contributed by atoms with Crippen molar-refractivity contribution in [2.24, 2.45) is 5.73 Å². The monoisotopic (exact) mass is 266 g/mol. The quantitative estimate of drug-likeness (QED) is 0.908. The minimum atomic E-state index is -0.533. The fourth-order valence-electron chi connectivity index (χ4n) is 2.74. The Hall–Kier alpha value is -2.13. The summed E-state index contributed by atoms with van der Waals surface area (Å²) in [6.07, 6.45) is 0. The van der Waals surface area contributed by atoms with Crippen LogP contribution >= 0.6 is 0 Å². The van der Waals surface area contributed by atoms with Crippen LogP contribution in [0.15, 0.2) is 42.5 Å². The van der Waals surface area contributed by atoms with Crippen molar-refractivity contribution in [3.05, 3.63) is 64.7 Å². The summed E-state index contributed by atoms with van der Waals surface area (Å²) in [6, 6.07) is 13.7. The van der Waals surface area contributed by atoms with Crippen LogP contribution in [-0.2, 0) is 11.3 Å². The fraction of sp³-hybridized carbons (Fsp3) is 0.235. The first kappa shape index (κ1) is 12.9. The third kappa shape index (κ3) is 2.10. The van der Waals surface area contributed by atoms with Gasteiger partial charge < -0.3 is 10.6 Å². The SMILES string of the molecule is Cc1cccc(CN2C(=O)C(N)c3cc(C)ccc32)c1. The van der Waals surface area contributed by atoms with Gasteiger partial charge in [0.25, 0.3) is 0 Å². The lowest BCUT2D eigenvalue weighted by Crippen LogP contribution is -2.31. The molecule has 0 saturated carbocycles. The molecule has 2 aromatic carbocycles. The highest BCUT2D eigenvalue weighted by Crippen LogP contribution is 2.36. The number of anilines is 1. The van der Waals surface area contributed by atoms with Gasteiger partial charge in [0.05, 0.1) is 6.54 Å². The van der Waals surface area contributed by atoms with Gasteiger partial charge in [-0.1, -0.05) is 47.5 Å². The second kappa shape index (κ2) is 4.76. The molecule has 2 N–H and O–H groups in total. The van der Waals surface area contributed by atoms with E-state index >= 15 is 0 Å². The van der Waals surface area contributed by atoms with Crippen LogP contribution in [0.2, 0.25) is 0 Å². The molecule has 1 heterocycles. The zero-order valence-electron chi connectivity index (χ0n) is 11.8. The van der Waals surface area contributed by atoms with Crippen molar-refractivity contribution in [3.63, 3.8) is 0 Å². The highest BCUT2D eigenvalue weighted by Gasteiger charge is 2.34. The second-order valence-corrected chi connectivity index (χ2v) is 5.45. The summed E-state index contributed by atoms with van der Waals surface area (Å²) in [6.45, 7) is 4.64. The Bertz CT molecular complexity index is 678. The van der Waals surface area contributed by atoms with Crippen LogP contribution in [0.25, 0.3) is 0 Å². The number of carbonyl (C=O) groups is 1. The molecule has 1 atom stereocenters. The summed E-state index contributed by atoms with van der Waals surface area (Å²) >= 11 is 0. The molecule has 1 amide bonds. The molecular formula is C17H18N2O. The van der Waals surface area contributed by atoms with Crippen molar-refractivity contribution < 1.29 is 4.79 Å². The minimum absolute atomic E-state index is 0.0212. The zero-order chi connectivity index (χ0) is 14.3. The van der Waals surface area contributed by atoms with E-state index in [-0.39, 0.29) is 5.91 Å². The van der Waals surface area contributed by atoms with E-state index in [0.717, 1.165) is 22.4 Å². The predicted molar refractivity (Wildman–Crippen MR) is 80.5 cm³/mol. The number of fused-ring (bicyclic) bond motifs is 1. The second-order valence-electron chi connectivity index (χ2n) is 5.45. The number of aryl methyl sites for hydroxylation is 2. The molecule has 3 heteroatoms. The molecule has 3 nitrogen and oxygen atoms in total. The topological polar surface area (TPSA) is 46.3 Å². The molecular weight excluding hydrogens is 248 g/mol. The first-order valence-electron chi connectivity index (χ1n) is 6.79. The molecule has 0 bridgehead atoms. The first-order valence-corrected chi connectivity index (χ1v) is 6.79. The molecule has 2 aromatic rings. The summed E-state index contributed by atoms with van der Waals surface area (Å²) in [4.78, 5) is 14.1. The predicted octanol–water partition coefficient (Wildman–Crippen LogP) is 2.85. The Morgan fingerprint density at radius 2 is 1.85 bits per heavy atom. The van der Waals surface area contributed by atoms with Crippen molar-refractivity contribution >= 4 is 11.6 Å². The molecule has 0 spiro atoms. The number of hydrogen-bond donors (Lipinski definition) is 1. The van der Waals surface area contributed by atoms with Gasteiger partial charge in [-0.25, -0.2) is 0 Å². The van der Waals surface area contributed by atoms with E-state index in [1.54, 1.807) is 4.90 Å². The molecule has 0 fully saturated rings. The van der Waals surface area contributed by atoms with Gasteiger partial charge in [-0.15, -0.1) is 0 Å². The van der Waals surface area contributed by atoms with E-state index in [1.165, 1.54) is 5.56 Å². The molecule has 0 aliphatic carbocycles. The average Bonchev–Trinajstić information content (AvgIpc) is 2.64. The number of amides is 1. The summed E-state index contributed by atoms with van der Waals surface area (Å²) in [5.74, 6) is -0.0212. The fourth-order valence-corrected chi connectivity index (χ4v) is 2.74. The summed E-state index contributed by atoms with van der Waals surface area (Å²) < 4.78 is 0. The first-order chi connectivity index (χ1) is 9.56. The average molecular weight is 266 g/mol. The van der Waals surface area contributed by atoms with Gasteiger partial charge >= 0.3 is 0 Å². The lowest BCUT2D eigenvalue weighted by Gasteiger charge is -2.18. The van der Waals surface area contributed by atoms with Gasteiger partial charge in [0.15, 0.2) is 0 Å². The smallest absolute Gasteiger partial charge is 0.248 e. The van der Waals surface area contributed by atoms with E-state index in [4.69, 9.17) is 5.73 Å². The van der Waals surface area contributed by atoms with Crippen LogP contribution in [0.5, 0.6) is 0 Å². The van der Waals surface area contributed by atoms with E-state index in [0.29, 0.717) is 6.54 Å². The third-order valence-electron chi connectivity index (χ3n) is 3.76. The van der Waals surface area contributed by atoms with E-state index in [9.17, 15) is 4.79 Å². The number of nitrogens with zero attached hydrogens (tertiary/aromatic N) is 1. The van der Waals surface area contributed by atoms with Gasteiger partial charge in [-0.05, 0) is 25.5 Å². The molecule has 102 valence electrons. The Labute approximate surface area is 119 Å². The molecule has 20 heavy (non-hydrogen) atoms. The number of carbonyl (C=O) groups excluding carboxylic acids is 1. The third-order valence-corrected chi connectivity index (χ3v) is 3.76. The Morgan fingerprint density at radius 3 is 2.60 bits per heavy atom. The normalized spacial score (nSPS) is 17.4. The van der Waals surface area contributed by atoms with Crippen molar-refractivity contribution in [3.8, 4) is 0 Å². The maximum absolute atomic E-state index is 12.4. The molecule has 1 aliphatic rings.